The molecule has 0 aromatic heterocycles. The van der Waals surface area contributed by atoms with Crippen LogP contribution in [0.3, 0.4) is 0 Å². The Balaban J connectivity index is 3.54. The first-order chi connectivity index (χ1) is 4.66. The summed E-state index contributed by atoms with van der Waals surface area (Å²) in [6.07, 6.45) is 1.99. The van der Waals surface area contributed by atoms with Crippen molar-refractivity contribution in [2.24, 2.45) is 10.9 Å². The van der Waals surface area contributed by atoms with Crippen LogP contribution in [0, 0.1) is 11.3 Å². The second kappa shape index (κ2) is 4.97. The molecule has 0 fully saturated rings. The van der Waals surface area contributed by atoms with E-state index in [0.717, 1.165) is 0 Å². The summed E-state index contributed by atoms with van der Waals surface area (Å²) in [5.41, 5.74) is 0. The zero-order valence-corrected chi connectivity index (χ0v) is 6.72. The molecule has 1 N–H and O–H groups in total. The molecule has 0 unspecified atom stereocenters. The Kier molecular flexibility index (Phi) is 4.54. The number of hydrogen-bond acceptors (Lipinski definition) is 2. The third-order valence-electron chi connectivity index (χ3n) is 0.916. The van der Waals surface area contributed by atoms with Crippen LogP contribution in [0.5, 0.6) is 0 Å². The van der Waals surface area contributed by atoms with Crippen LogP contribution in [0.1, 0.15) is 20.3 Å². The van der Waals surface area contributed by atoms with Gasteiger partial charge in [0, 0.05) is 6.42 Å². The first kappa shape index (κ1) is 9.14. The molecule has 0 saturated heterocycles. The van der Waals surface area contributed by atoms with E-state index in [1.54, 1.807) is 0 Å². The monoisotopic (exact) mass is 142 g/mol. The molecule has 3 heteroatoms. The lowest BCUT2D eigenvalue weighted by Gasteiger charge is -1.99. The molecule has 10 heavy (non-hydrogen) atoms. The predicted molar refractivity (Wildman–Crippen MR) is 42.7 cm³/mol. The van der Waals surface area contributed by atoms with Crippen LogP contribution in [0.15, 0.2) is 4.99 Å². The number of aliphatic imine (C=N–C) groups is 1. The summed E-state index contributed by atoms with van der Waals surface area (Å²) >= 11 is 0. The molecule has 0 aromatic rings. The van der Waals surface area contributed by atoms with Gasteiger partial charge in [-0.2, -0.15) is 0 Å². The van der Waals surface area contributed by atoms with Crippen molar-refractivity contribution >= 4 is 12.2 Å². The standard InChI is InChI=1S/C7H14N2O/c1-6(2)4-7(8)9-5-10-3/h5-6,8H,4H2,1-3H3/b8-7?,9-5-. The van der Waals surface area contributed by atoms with Crippen molar-refractivity contribution in [3.05, 3.63) is 0 Å². The summed E-state index contributed by atoms with van der Waals surface area (Å²) in [7, 11) is 1.52. The zero-order chi connectivity index (χ0) is 7.98. The molecule has 0 spiro atoms. The van der Waals surface area contributed by atoms with Gasteiger partial charge in [-0.15, -0.1) is 0 Å². The largest absolute Gasteiger partial charge is 0.486 e. The van der Waals surface area contributed by atoms with E-state index in [4.69, 9.17) is 5.41 Å². The molecule has 0 bridgehead atoms. The maximum atomic E-state index is 7.24. The molecule has 0 amide bonds. The molecule has 0 radical (unpaired) electrons. The first-order valence-electron chi connectivity index (χ1n) is 3.29. The molecule has 0 aliphatic carbocycles. The normalized spacial score (nSPS) is 10.8. The van der Waals surface area contributed by atoms with Crippen molar-refractivity contribution in [3.8, 4) is 0 Å². The maximum Gasteiger partial charge on any atom is 0.175 e. The van der Waals surface area contributed by atoms with E-state index in [0.29, 0.717) is 18.2 Å². The highest BCUT2D eigenvalue weighted by atomic mass is 16.5. The predicted octanol–water partition coefficient (Wildman–Crippen LogP) is 1.68. The number of hydrogen-bond donors (Lipinski definition) is 1. The maximum absolute atomic E-state index is 7.24. The quantitative estimate of drug-likeness (QED) is 0.473. The summed E-state index contributed by atoms with van der Waals surface area (Å²) in [6.45, 7) is 4.10. The highest BCUT2D eigenvalue weighted by molar-refractivity contribution is 5.85. The fraction of sp³-hybridized carbons (Fsp3) is 0.714. The van der Waals surface area contributed by atoms with E-state index in [1.807, 2.05) is 0 Å². The van der Waals surface area contributed by atoms with Crippen molar-refractivity contribution in [2.45, 2.75) is 20.3 Å². The second-order valence-electron chi connectivity index (χ2n) is 2.51. The minimum atomic E-state index is 0.372. The summed E-state index contributed by atoms with van der Waals surface area (Å²) in [5, 5.41) is 7.24. The highest BCUT2D eigenvalue weighted by Crippen LogP contribution is 1.99. The van der Waals surface area contributed by atoms with Gasteiger partial charge in [-0.05, 0) is 5.92 Å². The van der Waals surface area contributed by atoms with Crippen LogP contribution in [-0.2, 0) is 4.74 Å². The van der Waals surface area contributed by atoms with Gasteiger partial charge in [-0.1, -0.05) is 13.8 Å². The Bertz CT molecular complexity index is 130. The fourth-order valence-corrected chi connectivity index (χ4v) is 0.556. The Morgan fingerprint density at radius 2 is 2.30 bits per heavy atom. The van der Waals surface area contributed by atoms with Crippen LogP contribution in [-0.4, -0.2) is 19.3 Å². The van der Waals surface area contributed by atoms with Gasteiger partial charge in [-0.3, -0.25) is 5.41 Å². The molecular weight excluding hydrogens is 128 g/mol. The number of methoxy groups -OCH3 is 1. The van der Waals surface area contributed by atoms with E-state index in [2.05, 4.69) is 23.6 Å². The van der Waals surface area contributed by atoms with Crippen LogP contribution >= 0.6 is 0 Å². The van der Waals surface area contributed by atoms with Gasteiger partial charge in [0.25, 0.3) is 0 Å². The van der Waals surface area contributed by atoms with Crippen molar-refractivity contribution in [1.29, 1.82) is 5.41 Å². The van der Waals surface area contributed by atoms with Crippen LogP contribution in [0.25, 0.3) is 0 Å². The zero-order valence-electron chi connectivity index (χ0n) is 6.72. The summed E-state index contributed by atoms with van der Waals surface area (Å²) in [4.78, 5) is 3.72. The fourth-order valence-electron chi connectivity index (χ4n) is 0.556. The minimum Gasteiger partial charge on any atom is -0.486 e. The highest BCUT2D eigenvalue weighted by Gasteiger charge is 1.96. The van der Waals surface area contributed by atoms with E-state index in [9.17, 15) is 0 Å². The van der Waals surface area contributed by atoms with Crippen LogP contribution in [0.2, 0.25) is 0 Å². The Labute approximate surface area is 61.6 Å². The summed E-state index contributed by atoms with van der Waals surface area (Å²) in [5.74, 6) is 0.860. The average Bonchev–Trinajstić information content (AvgIpc) is 1.82. The molecular formula is C7H14N2O. The topological polar surface area (TPSA) is 45.4 Å². The van der Waals surface area contributed by atoms with Gasteiger partial charge in [0.2, 0.25) is 0 Å². The smallest absolute Gasteiger partial charge is 0.175 e. The lowest BCUT2D eigenvalue weighted by Crippen LogP contribution is -1.98. The summed E-state index contributed by atoms with van der Waals surface area (Å²) < 4.78 is 4.56. The van der Waals surface area contributed by atoms with Crippen LogP contribution < -0.4 is 0 Å². The molecule has 3 nitrogen and oxygen atoms in total. The summed E-state index contributed by atoms with van der Waals surface area (Å²) in [6, 6.07) is 0. The number of amidine groups is 1. The van der Waals surface area contributed by atoms with Crippen molar-refractivity contribution in [2.75, 3.05) is 7.11 Å². The van der Waals surface area contributed by atoms with Crippen molar-refractivity contribution in [1.82, 2.24) is 0 Å². The van der Waals surface area contributed by atoms with Crippen molar-refractivity contribution < 1.29 is 4.74 Å². The molecule has 0 saturated carbocycles. The first-order valence-corrected chi connectivity index (χ1v) is 3.29. The molecule has 0 rings (SSSR count). The van der Waals surface area contributed by atoms with Gasteiger partial charge >= 0.3 is 0 Å². The Hall–Kier alpha value is -0.860. The third-order valence-corrected chi connectivity index (χ3v) is 0.916. The van der Waals surface area contributed by atoms with E-state index < -0.39 is 0 Å². The minimum absolute atomic E-state index is 0.372. The molecule has 58 valence electrons. The van der Waals surface area contributed by atoms with Gasteiger partial charge in [-0.25, -0.2) is 4.99 Å². The molecule has 0 aliphatic rings. The lowest BCUT2D eigenvalue weighted by molar-refractivity contribution is 0.423. The number of rotatable bonds is 3. The van der Waals surface area contributed by atoms with Crippen LogP contribution in [0.4, 0.5) is 0 Å². The third kappa shape index (κ3) is 5.28. The molecule has 0 atom stereocenters. The Morgan fingerprint density at radius 3 is 2.70 bits per heavy atom. The molecule has 0 heterocycles. The Morgan fingerprint density at radius 1 is 1.70 bits per heavy atom. The van der Waals surface area contributed by atoms with E-state index in [1.165, 1.54) is 13.5 Å². The average molecular weight is 142 g/mol. The van der Waals surface area contributed by atoms with Gasteiger partial charge in [0.05, 0.1) is 7.11 Å². The van der Waals surface area contributed by atoms with Gasteiger partial charge in [0.15, 0.2) is 6.40 Å². The number of nitrogens with zero attached hydrogens (tertiary/aromatic N) is 1. The lowest BCUT2D eigenvalue weighted by atomic mass is 10.1. The van der Waals surface area contributed by atoms with Gasteiger partial charge in [0.1, 0.15) is 5.84 Å². The van der Waals surface area contributed by atoms with Gasteiger partial charge < -0.3 is 4.74 Å². The number of ether oxygens (including phenoxy) is 1. The second-order valence-corrected chi connectivity index (χ2v) is 2.51. The SMILES string of the molecule is CO/C=N\C(=N)CC(C)C. The van der Waals surface area contributed by atoms with E-state index >= 15 is 0 Å². The van der Waals surface area contributed by atoms with Crippen molar-refractivity contribution in [3.63, 3.8) is 0 Å². The molecule has 0 aliphatic heterocycles. The molecule has 0 aromatic carbocycles. The number of nitrogens with one attached hydrogen (secondary N) is 1. The van der Waals surface area contributed by atoms with E-state index in [-0.39, 0.29) is 0 Å².